The van der Waals surface area contributed by atoms with Crippen LogP contribution in [0.1, 0.15) is 11.1 Å². The van der Waals surface area contributed by atoms with E-state index in [-0.39, 0.29) is 24.8 Å². The lowest BCUT2D eigenvalue weighted by Crippen LogP contribution is -2.40. The summed E-state index contributed by atoms with van der Waals surface area (Å²) < 4.78 is 12.5. The fourth-order valence-electron chi connectivity index (χ4n) is 2.88. The maximum atomic E-state index is 6.22. The van der Waals surface area contributed by atoms with E-state index in [2.05, 4.69) is 32.2 Å². The molecule has 1 aliphatic rings. The Kier molecular flexibility index (Phi) is 12.4. The Morgan fingerprint density at radius 1 is 1.07 bits per heavy atom. The lowest BCUT2D eigenvalue weighted by Gasteiger charge is -2.26. The molecule has 4 nitrogen and oxygen atoms in total. The number of nitrogens with zero attached hydrogens (tertiary/aromatic N) is 1. The van der Waals surface area contributed by atoms with Crippen molar-refractivity contribution in [2.45, 2.75) is 13.2 Å². The summed E-state index contributed by atoms with van der Waals surface area (Å²) in [4.78, 5) is 2.42. The van der Waals surface area contributed by atoms with Crippen molar-refractivity contribution in [2.24, 2.45) is 0 Å². The molecule has 28 heavy (non-hydrogen) atoms. The fraction of sp³-hybridized carbons (Fsp3) is 0.400. The van der Waals surface area contributed by atoms with E-state index in [9.17, 15) is 0 Å². The number of rotatable bonds is 8. The highest BCUT2D eigenvalue weighted by Crippen LogP contribution is 2.25. The van der Waals surface area contributed by atoms with Gasteiger partial charge in [-0.05, 0) is 24.3 Å². The standard InChI is InChI=1S/C20H24BrClN2O2.2ClH/c21-18-5-6-20(26-15-16-3-1-2-4-19(16)22)17(13-18)14-23-7-8-24-9-11-25-12-10-24;;/h1-6,13,23H,7-12,14-15H2;2*1H. The molecule has 0 spiro atoms. The molecule has 8 heteroatoms. The second kappa shape index (κ2) is 13.6. The van der Waals surface area contributed by atoms with Gasteiger partial charge in [0.2, 0.25) is 0 Å². The van der Waals surface area contributed by atoms with Gasteiger partial charge in [-0.2, -0.15) is 0 Å². The summed E-state index contributed by atoms with van der Waals surface area (Å²) in [6.45, 7) is 6.92. The monoisotopic (exact) mass is 510 g/mol. The Balaban J connectivity index is 0.00000196. The second-order valence-corrected chi connectivity index (χ2v) is 7.59. The zero-order valence-corrected chi connectivity index (χ0v) is 19.5. The van der Waals surface area contributed by atoms with Crippen molar-refractivity contribution < 1.29 is 9.47 Å². The molecule has 3 rings (SSSR count). The molecule has 0 bridgehead atoms. The lowest BCUT2D eigenvalue weighted by molar-refractivity contribution is 0.0384. The second-order valence-electron chi connectivity index (χ2n) is 6.26. The number of nitrogens with one attached hydrogen (secondary N) is 1. The Labute approximate surface area is 192 Å². The van der Waals surface area contributed by atoms with Crippen molar-refractivity contribution in [3.63, 3.8) is 0 Å². The maximum Gasteiger partial charge on any atom is 0.124 e. The smallest absolute Gasteiger partial charge is 0.124 e. The molecule has 0 unspecified atom stereocenters. The van der Waals surface area contributed by atoms with E-state index in [0.29, 0.717) is 6.61 Å². The molecule has 0 saturated carbocycles. The van der Waals surface area contributed by atoms with Crippen molar-refractivity contribution in [3.8, 4) is 5.75 Å². The van der Waals surface area contributed by atoms with E-state index >= 15 is 0 Å². The van der Waals surface area contributed by atoms with Crippen LogP contribution >= 0.6 is 52.3 Å². The molecular weight excluding hydrogens is 486 g/mol. The van der Waals surface area contributed by atoms with Crippen LogP contribution < -0.4 is 10.1 Å². The predicted molar refractivity (Wildman–Crippen MR) is 123 cm³/mol. The van der Waals surface area contributed by atoms with E-state index in [4.69, 9.17) is 21.1 Å². The molecule has 156 valence electrons. The Morgan fingerprint density at radius 2 is 1.82 bits per heavy atom. The molecule has 0 amide bonds. The molecule has 1 fully saturated rings. The van der Waals surface area contributed by atoms with Gasteiger partial charge < -0.3 is 14.8 Å². The molecule has 1 N–H and O–H groups in total. The van der Waals surface area contributed by atoms with Crippen LogP contribution in [0.4, 0.5) is 0 Å². The summed E-state index contributed by atoms with van der Waals surface area (Å²) >= 11 is 9.77. The van der Waals surface area contributed by atoms with Gasteiger partial charge in [0.1, 0.15) is 12.4 Å². The number of halogens is 4. The molecule has 0 aromatic heterocycles. The Bertz CT molecular complexity index is 716. The summed E-state index contributed by atoms with van der Waals surface area (Å²) in [6.07, 6.45) is 0. The van der Waals surface area contributed by atoms with Crippen LogP contribution in [0.25, 0.3) is 0 Å². The summed E-state index contributed by atoms with van der Waals surface area (Å²) in [6, 6.07) is 13.9. The van der Waals surface area contributed by atoms with Crippen molar-refractivity contribution >= 4 is 52.3 Å². The normalized spacial score (nSPS) is 14.1. The number of hydrogen-bond donors (Lipinski definition) is 1. The SMILES string of the molecule is Cl.Cl.Clc1ccccc1COc1ccc(Br)cc1CNCCN1CCOCC1. The van der Waals surface area contributed by atoms with Crippen LogP contribution in [0.15, 0.2) is 46.9 Å². The van der Waals surface area contributed by atoms with E-state index < -0.39 is 0 Å². The Hall–Kier alpha value is -0.530. The number of benzene rings is 2. The van der Waals surface area contributed by atoms with Gasteiger partial charge in [0.05, 0.1) is 13.2 Å². The van der Waals surface area contributed by atoms with Gasteiger partial charge in [-0.1, -0.05) is 45.7 Å². The van der Waals surface area contributed by atoms with E-state index in [1.165, 1.54) is 0 Å². The van der Waals surface area contributed by atoms with Gasteiger partial charge in [-0.25, -0.2) is 0 Å². The van der Waals surface area contributed by atoms with Crippen LogP contribution in [-0.4, -0.2) is 44.3 Å². The highest BCUT2D eigenvalue weighted by atomic mass is 79.9. The zero-order chi connectivity index (χ0) is 18.2. The maximum absolute atomic E-state index is 6.22. The molecular formula is C20H26BrCl3N2O2. The summed E-state index contributed by atoms with van der Waals surface area (Å²) in [7, 11) is 0. The average molecular weight is 513 g/mol. The van der Waals surface area contributed by atoms with Gasteiger partial charge in [0.25, 0.3) is 0 Å². The Morgan fingerprint density at radius 3 is 2.57 bits per heavy atom. The molecule has 1 saturated heterocycles. The van der Waals surface area contributed by atoms with E-state index in [0.717, 1.165) is 72.3 Å². The van der Waals surface area contributed by atoms with Gasteiger partial charge >= 0.3 is 0 Å². The first kappa shape index (κ1) is 25.5. The van der Waals surface area contributed by atoms with Crippen LogP contribution in [0.2, 0.25) is 5.02 Å². The quantitative estimate of drug-likeness (QED) is 0.508. The van der Waals surface area contributed by atoms with Crippen molar-refractivity contribution in [2.75, 3.05) is 39.4 Å². The third-order valence-corrected chi connectivity index (χ3v) is 5.25. The van der Waals surface area contributed by atoms with Crippen LogP contribution in [0.5, 0.6) is 5.75 Å². The number of ether oxygens (including phenoxy) is 2. The highest BCUT2D eigenvalue weighted by molar-refractivity contribution is 9.10. The number of hydrogen-bond acceptors (Lipinski definition) is 4. The first-order valence-electron chi connectivity index (χ1n) is 8.88. The first-order chi connectivity index (χ1) is 12.7. The highest BCUT2D eigenvalue weighted by Gasteiger charge is 2.10. The van der Waals surface area contributed by atoms with E-state index in [1.54, 1.807) is 0 Å². The minimum atomic E-state index is 0. The molecule has 0 radical (unpaired) electrons. The lowest BCUT2D eigenvalue weighted by atomic mass is 10.2. The first-order valence-corrected chi connectivity index (χ1v) is 10.0. The zero-order valence-electron chi connectivity index (χ0n) is 15.5. The fourth-order valence-corrected chi connectivity index (χ4v) is 3.48. The van der Waals surface area contributed by atoms with E-state index in [1.807, 2.05) is 36.4 Å². The summed E-state index contributed by atoms with van der Waals surface area (Å²) in [5, 5.41) is 4.25. The van der Waals surface area contributed by atoms with Gasteiger partial charge in [-0.3, -0.25) is 4.90 Å². The molecule has 0 aliphatic carbocycles. The van der Waals surface area contributed by atoms with Gasteiger partial charge in [-0.15, -0.1) is 24.8 Å². The molecule has 2 aromatic rings. The minimum Gasteiger partial charge on any atom is -0.489 e. The molecule has 1 heterocycles. The van der Waals surface area contributed by atoms with Crippen molar-refractivity contribution in [3.05, 3.63) is 63.1 Å². The third-order valence-electron chi connectivity index (χ3n) is 4.39. The third kappa shape index (κ3) is 8.07. The predicted octanol–water partition coefficient (Wildman–Crippen LogP) is 4.95. The largest absolute Gasteiger partial charge is 0.489 e. The summed E-state index contributed by atoms with van der Waals surface area (Å²) in [5.41, 5.74) is 2.12. The molecule has 2 aromatic carbocycles. The average Bonchev–Trinajstić information content (AvgIpc) is 2.66. The molecule has 0 atom stereocenters. The minimum absolute atomic E-state index is 0. The number of morpholine rings is 1. The van der Waals surface area contributed by atoms with Gasteiger partial charge in [0, 0.05) is 53.3 Å². The van der Waals surface area contributed by atoms with Crippen molar-refractivity contribution in [1.29, 1.82) is 0 Å². The van der Waals surface area contributed by atoms with Gasteiger partial charge in [0.15, 0.2) is 0 Å². The molecule has 1 aliphatic heterocycles. The van der Waals surface area contributed by atoms with Crippen LogP contribution in [-0.2, 0) is 17.9 Å². The van der Waals surface area contributed by atoms with Crippen molar-refractivity contribution in [1.82, 2.24) is 10.2 Å². The van der Waals surface area contributed by atoms with Crippen LogP contribution in [0.3, 0.4) is 0 Å². The van der Waals surface area contributed by atoms with Crippen LogP contribution in [0, 0.1) is 0 Å². The topological polar surface area (TPSA) is 33.7 Å². The summed E-state index contributed by atoms with van der Waals surface area (Å²) in [5.74, 6) is 0.881.